The molecule has 0 radical (unpaired) electrons. The van der Waals surface area contributed by atoms with E-state index in [2.05, 4.69) is 37.0 Å². The summed E-state index contributed by atoms with van der Waals surface area (Å²) in [6, 6.07) is 0. The lowest BCUT2D eigenvalue weighted by atomic mass is 10.3. The molecule has 28 heavy (non-hydrogen) atoms. The normalized spacial score (nSPS) is 18.7. The van der Waals surface area contributed by atoms with Gasteiger partial charge in [-0.15, -0.1) is 0 Å². The van der Waals surface area contributed by atoms with Crippen molar-refractivity contribution >= 4 is 32.8 Å². The second-order valence-corrected chi connectivity index (χ2v) is 9.63. The van der Waals surface area contributed by atoms with Crippen LogP contribution in [0.3, 0.4) is 0 Å². The highest BCUT2D eigenvalue weighted by Crippen LogP contribution is 2.27. The van der Waals surface area contributed by atoms with Crippen molar-refractivity contribution in [2.45, 2.75) is 12.8 Å². The quantitative estimate of drug-likeness (QED) is 0.621. The molecule has 2 aromatic rings. The van der Waals surface area contributed by atoms with Crippen LogP contribution in [0.1, 0.15) is 12.8 Å². The first-order chi connectivity index (χ1) is 13.4. The molecule has 0 aromatic carbocycles. The zero-order valence-electron chi connectivity index (χ0n) is 16.4. The Morgan fingerprint density at radius 1 is 1.14 bits per heavy atom. The fourth-order valence-corrected chi connectivity index (χ4v) is 4.29. The van der Waals surface area contributed by atoms with Crippen LogP contribution in [0, 0.1) is 5.92 Å². The van der Waals surface area contributed by atoms with Crippen LogP contribution in [-0.4, -0.2) is 85.1 Å². The topological polar surface area (TPSA) is 108 Å². The van der Waals surface area contributed by atoms with E-state index in [0.717, 1.165) is 50.1 Å². The summed E-state index contributed by atoms with van der Waals surface area (Å²) < 4.78 is 28.7. The van der Waals surface area contributed by atoms with Crippen molar-refractivity contribution in [2.24, 2.45) is 13.0 Å². The highest BCUT2D eigenvalue weighted by atomic mass is 32.2. The van der Waals surface area contributed by atoms with Crippen LogP contribution in [0.5, 0.6) is 0 Å². The van der Waals surface area contributed by atoms with Crippen molar-refractivity contribution in [3.63, 3.8) is 0 Å². The molecule has 154 valence electrons. The molecule has 0 atom stereocenters. The number of piperazine rings is 1. The molecule has 2 aromatic heterocycles. The molecule has 0 bridgehead atoms. The van der Waals surface area contributed by atoms with E-state index in [9.17, 15) is 8.42 Å². The van der Waals surface area contributed by atoms with Crippen molar-refractivity contribution in [1.29, 1.82) is 0 Å². The Labute approximate surface area is 165 Å². The van der Waals surface area contributed by atoms with Gasteiger partial charge in [-0.25, -0.2) is 18.1 Å². The second kappa shape index (κ2) is 7.80. The van der Waals surface area contributed by atoms with Gasteiger partial charge in [0.2, 0.25) is 16.0 Å². The number of nitrogens with zero attached hydrogens (tertiary/aromatic N) is 6. The Balaban J connectivity index is 1.47. The highest BCUT2D eigenvalue weighted by molar-refractivity contribution is 7.89. The third-order valence-corrected chi connectivity index (χ3v) is 6.66. The smallest absolute Gasteiger partial charge is 0.228 e. The fraction of sp³-hybridized carbons (Fsp3) is 0.706. The highest BCUT2D eigenvalue weighted by Gasteiger charge is 2.24. The van der Waals surface area contributed by atoms with E-state index >= 15 is 0 Å². The van der Waals surface area contributed by atoms with Crippen LogP contribution in [-0.2, 0) is 17.1 Å². The predicted molar refractivity (Wildman–Crippen MR) is 109 cm³/mol. The molecule has 2 aliphatic rings. The van der Waals surface area contributed by atoms with Gasteiger partial charge in [0.1, 0.15) is 11.0 Å². The van der Waals surface area contributed by atoms with E-state index in [1.54, 1.807) is 10.9 Å². The van der Waals surface area contributed by atoms with Crippen molar-refractivity contribution in [3.8, 4) is 0 Å². The van der Waals surface area contributed by atoms with Crippen molar-refractivity contribution in [1.82, 2.24) is 29.4 Å². The number of fused-ring (bicyclic) bond motifs is 1. The summed E-state index contributed by atoms with van der Waals surface area (Å²) in [6.07, 6.45) is 3.96. The average Bonchev–Trinajstić information content (AvgIpc) is 3.42. The van der Waals surface area contributed by atoms with Crippen LogP contribution in [0.4, 0.5) is 11.8 Å². The Morgan fingerprint density at radius 3 is 2.61 bits per heavy atom. The summed E-state index contributed by atoms with van der Waals surface area (Å²) in [5, 5.41) is 7.48. The van der Waals surface area contributed by atoms with Gasteiger partial charge in [0.15, 0.2) is 5.82 Å². The maximum Gasteiger partial charge on any atom is 0.228 e. The number of hydrogen-bond donors (Lipinski definition) is 2. The summed E-state index contributed by atoms with van der Waals surface area (Å²) >= 11 is 0. The minimum absolute atomic E-state index is 0.00686. The largest absolute Gasteiger partial charge is 0.367 e. The van der Waals surface area contributed by atoms with Gasteiger partial charge in [-0.05, 0) is 25.8 Å². The number of aryl methyl sites for hydroxylation is 1. The van der Waals surface area contributed by atoms with Gasteiger partial charge in [-0.1, -0.05) is 0 Å². The van der Waals surface area contributed by atoms with E-state index in [0.29, 0.717) is 24.2 Å². The maximum absolute atomic E-state index is 12.2. The lowest BCUT2D eigenvalue weighted by Crippen LogP contribution is -2.45. The Hall–Kier alpha value is -1.98. The van der Waals surface area contributed by atoms with Gasteiger partial charge in [0.05, 0.1) is 11.9 Å². The van der Waals surface area contributed by atoms with Gasteiger partial charge in [0, 0.05) is 46.3 Å². The molecule has 2 fully saturated rings. The Kier molecular flexibility index (Phi) is 5.39. The third kappa shape index (κ3) is 4.53. The van der Waals surface area contributed by atoms with Crippen molar-refractivity contribution < 1.29 is 8.42 Å². The number of rotatable bonds is 8. The second-order valence-electron chi connectivity index (χ2n) is 7.70. The molecule has 1 saturated carbocycles. The van der Waals surface area contributed by atoms with Gasteiger partial charge in [-0.2, -0.15) is 10.1 Å². The zero-order chi connectivity index (χ0) is 19.7. The summed E-state index contributed by atoms with van der Waals surface area (Å²) in [4.78, 5) is 13.8. The molecule has 1 saturated heterocycles. The minimum atomic E-state index is -3.29. The standard InChI is InChI=1S/C17H28N8O2S/c1-23-6-8-25(9-7-23)17-21-14-12-19-24(2)15(14)16(22-17)18-5-10-28(26,27)20-11-13-3-4-13/h12-13,20H,3-11H2,1-2H3,(H,18,21,22). The SMILES string of the molecule is CN1CCN(c2nc(NCCS(=O)(=O)NCC3CC3)c3c(cnn3C)n2)CC1. The summed E-state index contributed by atoms with van der Waals surface area (Å²) in [5.74, 6) is 1.80. The lowest BCUT2D eigenvalue weighted by Gasteiger charge is -2.32. The number of hydrogen-bond acceptors (Lipinski definition) is 8. The van der Waals surface area contributed by atoms with Gasteiger partial charge in [-0.3, -0.25) is 4.68 Å². The number of likely N-dealkylation sites (N-methyl/N-ethyl adjacent to an activating group) is 1. The van der Waals surface area contributed by atoms with E-state index in [1.165, 1.54) is 0 Å². The Morgan fingerprint density at radius 2 is 1.89 bits per heavy atom. The molecule has 0 unspecified atom stereocenters. The van der Waals surface area contributed by atoms with Crippen molar-refractivity contribution in [2.75, 3.05) is 62.3 Å². The number of aromatic nitrogens is 4. The molecule has 1 aliphatic carbocycles. The molecule has 0 spiro atoms. The summed E-state index contributed by atoms with van der Waals surface area (Å²) in [6.45, 7) is 4.47. The maximum atomic E-state index is 12.2. The lowest BCUT2D eigenvalue weighted by molar-refractivity contribution is 0.311. The molecule has 10 nitrogen and oxygen atoms in total. The van der Waals surface area contributed by atoms with Gasteiger partial charge < -0.3 is 15.1 Å². The molecule has 0 amide bonds. The average molecular weight is 409 g/mol. The first-order valence-electron chi connectivity index (χ1n) is 9.76. The number of sulfonamides is 1. The summed E-state index contributed by atoms with van der Waals surface area (Å²) in [5.41, 5.74) is 1.53. The fourth-order valence-electron chi connectivity index (χ4n) is 3.28. The van der Waals surface area contributed by atoms with Gasteiger partial charge >= 0.3 is 0 Å². The predicted octanol–water partition coefficient (Wildman–Crippen LogP) is -0.144. The third-order valence-electron chi connectivity index (χ3n) is 5.31. The van der Waals surface area contributed by atoms with E-state index in [-0.39, 0.29) is 12.3 Å². The zero-order valence-corrected chi connectivity index (χ0v) is 17.2. The molecule has 1 aliphatic heterocycles. The van der Waals surface area contributed by atoms with Crippen LogP contribution < -0.4 is 14.9 Å². The molecule has 2 N–H and O–H groups in total. The molecule has 11 heteroatoms. The first-order valence-corrected chi connectivity index (χ1v) is 11.4. The number of anilines is 2. The number of nitrogens with one attached hydrogen (secondary N) is 2. The van der Waals surface area contributed by atoms with Crippen LogP contribution >= 0.6 is 0 Å². The van der Waals surface area contributed by atoms with Crippen LogP contribution in [0.15, 0.2) is 6.20 Å². The molecule has 4 rings (SSSR count). The van der Waals surface area contributed by atoms with Crippen LogP contribution in [0.25, 0.3) is 11.0 Å². The van der Waals surface area contributed by atoms with Crippen molar-refractivity contribution in [3.05, 3.63) is 6.20 Å². The summed E-state index contributed by atoms with van der Waals surface area (Å²) in [7, 11) is 0.650. The van der Waals surface area contributed by atoms with E-state index in [1.807, 2.05) is 7.05 Å². The van der Waals surface area contributed by atoms with E-state index < -0.39 is 10.0 Å². The molecule has 3 heterocycles. The Bertz CT molecular complexity index is 932. The molecular formula is C17H28N8O2S. The van der Waals surface area contributed by atoms with E-state index in [4.69, 9.17) is 4.98 Å². The van der Waals surface area contributed by atoms with Gasteiger partial charge in [0.25, 0.3) is 0 Å². The van der Waals surface area contributed by atoms with Crippen LogP contribution in [0.2, 0.25) is 0 Å². The minimum Gasteiger partial charge on any atom is -0.367 e. The first kappa shape index (κ1) is 19.3. The monoisotopic (exact) mass is 408 g/mol. The molecular weight excluding hydrogens is 380 g/mol.